The fraction of sp³-hybridized carbons (Fsp3) is 0.500. The molecular weight excluding hydrogens is 299 g/mol. The molecule has 1 aliphatic carbocycles. The summed E-state index contributed by atoms with van der Waals surface area (Å²) in [5.41, 5.74) is 0.571. The quantitative estimate of drug-likeness (QED) is 0.883. The maximum Gasteiger partial charge on any atom is 0.411 e. The number of carbonyl (C=O) groups is 1. The molecule has 0 bridgehead atoms. The lowest BCUT2D eigenvalue weighted by atomic mass is 9.92. The van der Waals surface area contributed by atoms with Crippen molar-refractivity contribution in [3.05, 3.63) is 28.2 Å². The van der Waals surface area contributed by atoms with E-state index in [0.717, 1.165) is 19.3 Å². The van der Waals surface area contributed by atoms with E-state index in [2.05, 4.69) is 10.6 Å². The van der Waals surface area contributed by atoms with Gasteiger partial charge in [0.1, 0.15) is 6.10 Å². The zero-order chi connectivity index (χ0) is 14.5. The van der Waals surface area contributed by atoms with Crippen LogP contribution in [0.2, 0.25) is 10.0 Å². The van der Waals surface area contributed by atoms with Crippen LogP contribution in [-0.2, 0) is 4.74 Å². The molecule has 2 unspecified atom stereocenters. The predicted octanol–water partition coefficient (Wildman–Crippen LogP) is 4.07. The van der Waals surface area contributed by atoms with Crippen molar-refractivity contribution in [2.24, 2.45) is 0 Å². The number of amides is 1. The van der Waals surface area contributed by atoms with Crippen LogP contribution in [0.25, 0.3) is 0 Å². The minimum absolute atomic E-state index is 0.0866. The van der Waals surface area contributed by atoms with Crippen LogP contribution in [0.15, 0.2) is 18.2 Å². The third kappa shape index (κ3) is 4.01. The monoisotopic (exact) mass is 316 g/mol. The standard InChI is InChI=1S/C14H18Cl2N2O2/c1-17-12-4-2-3-5-13(12)20-14(19)18-9-6-7-10(15)11(16)8-9/h6-8,12-13,17H,2-5H2,1H3,(H,18,19). The van der Waals surface area contributed by atoms with Gasteiger partial charge in [-0.25, -0.2) is 4.79 Å². The molecule has 1 fully saturated rings. The number of halogens is 2. The second-order valence-corrected chi connectivity index (χ2v) is 5.69. The first kappa shape index (κ1) is 15.4. The summed E-state index contributed by atoms with van der Waals surface area (Å²) >= 11 is 11.7. The van der Waals surface area contributed by atoms with Crippen molar-refractivity contribution in [3.8, 4) is 0 Å². The van der Waals surface area contributed by atoms with Crippen LogP contribution in [-0.4, -0.2) is 25.3 Å². The van der Waals surface area contributed by atoms with Gasteiger partial charge in [-0.05, 0) is 44.5 Å². The molecule has 0 saturated heterocycles. The highest BCUT2D eigenvalue weighted by molar-refractivity contribution is 6.42. The summed E-state index contributed by atoms with van der Waals surface area (Å²) in [5, 5.41) is 6.72. The van der Waals surface area contributed by atoms with Gasteiger partial charge >= 0.3 is 6.09 Å². The molecular formula is C14H18Cl2N2O2. The van der Waals surface area contributed by atoms with Crippen molar-refractivity contribution in [3.63, 3.8) is 0 Å². The van der Waals surface area contributed by atoms with E-state index in [-0.39, 0.29) is 12.1 Å². The summed E-state index contributed by atoms with van der Waals surface area (Å²) in [6.45, 7) is 0. The zero-order valence-corrected chi connectivity index (χ0v) is 12.8. The molecule has 20 heavy (non-hydrogen) atoms. The summed E-state index contributed by atoms with van der Waals surface area (Å²) in [4.78, 5) is 11.9. The summed E-state index contributed by atoms with van der Waals surface area (Å²) in [7, 11) is 1.89. The van der Waals surface area contributed by atoms with Crippen LogP contribution >= 0.6 is 23.2 Å². The Hall–Kier alpha value is -0.970. The number of nitrogens with one attached hydrogen (secondary N) is 2. The average Bonchev–Trinajstić information content (AvgIpc) is 2.43. The van der Waals surface area contributed by atoms with Crippen molar-refractivity contribution >= 4 is 35.0 Å². The fourth-order valence-electron chi connectivity index (χ4n) is 2.43. The van der Waals surface area contributed by atoms with Gasteiger partial charge in [0.2, 0.25) is 0 Å². The summed E-state index contributed by atoms with van der Waals surface area (Å²) in [5.74, 6) is 0. The number of rotatable bonds is 3. The van der Waals surface area contributed by atoms with Crippen molar-refractivity contribution in [2.75, 3.05) is 12.4 Å². The smallest absolute Gasteiger partial charge is 0.411 e. The van der Waals surface area contributed by atoms with E-state index < -0.39 is 6.09 Å². The molecule has 2 atom stereocenters. The van der Waals surface area contributed by atoms with E-state index in [1.807, 2.05) is 7.05 Å². The molecule has 4 nitrogen and oxygen atoms in total. The Morgan fingerprint density at radius 2 is 2.00 bits per heavy atom. The lowest BCUT2D eigenvalue weighted by Crippen LogP contribution is -2.43. The largest absolute Gasteiger partial charge is 0.444 e. The lowest BCUT2D eigenvalue weighted by molar-refractivity contribution is 0.0640. The van der Waals surface area contributed by atoms with Gasteiger partial charge in [0.05, 0.1) is 10.0 Å². The molecule has 1 aromatic carbocycles. The highest BCUT2D eigenvalue weighted by Gasteiger charge is 2.27. The van der Waals surface area contributed by atoms with Crippen LogP contribution in [0.1, 0.15) is 25.7 Å². The minimum Gasteiger partial charge on any atom is -0.444 e. The van der Waals surface area contributed by atoms with E-state index in [9.17, 15) is 4.79 Å². The third-order valence-corrected chi connectivity index (χ3v) is 4.24. The molecule has 1 amide bonds. The van der Waals surface area contributed by atoms with Crippen molar-refractivity contribution < 1.29 is 9.53 Å². The van der Waals surface area contributed by atoms with Crippen LogP contribution in [0.3, 0.4) is 0 Å². The molecule has 110 valence electrons. The van der Waals surface area contributed by atoms with Gasteiger partial charge in [-0.1, -0.05) is 29.6 Å². The highest BCUT2D eigenvalue weighted by atomic mass is 35.5. The summed E-state index contributed by atoms with van der Waals surface area (Å²) in [6, 6.07) is 5.15. The number of carbonyl (C=O) groups excluding carboxylic acids is 1. The second kappa shape index (κ2) is 7.16. The van der Waals surface area contributed by atoms with Crippen LogP contribution in [0.4, 0.5) is 10.5 Å². The Labute approximate surface area is 128 Å². The number of benzene rings is 1. The molecule has 1 aromatic rings. The Bertz CT molecular complexity index is 482. The second-order valence-electron chi connectivity index (χ2n) is 4.88. The molecule has 0 heterocycles. The number of likely N-dealkylation sites (N-methyl/N-ethyl adjacent to an activating group) is 1. The normalized spacial score (nSPS) is 22.4. The molecule has 0 aromatic heterocycles. The Morgan fingerprint density at radius 3 is 2.70 bits per heavy atom. The van der Waals surface area contributed by atoms with E-state index >= 15 is 0 Å². The maximum atomic E-state index is 11.9. The lowest BCUT2D eigenvalue weighted by Gasteiger charge is -2.30. The molecule has 0 radical (unpaired) electrons. The first-order valence-corrected chi connectivity index (χ1v) is 7.45. The van der Waals surface area contributed by atoms with Gasteiger partial charge in [-0.3, -0.25) is 5.32 Å². The van der Waals surface area contributed by atoms with Crippen molar-refractivity contribution in [2.45, 2.75) is 37.8 Å². The van der Waals surface area contributed by atoms with E-state index in [1.54, 1.807) is 18.2 Å². The van der Waals surface area contributed by atoms with Crippen LogP contribution in [0.5, 0.6) is 0 Å². The SMILES string of the molecule is CNC1CCCCC1OC(=O)Nc1ccc(Cl)c(Cl)c1. The van der Waals surface area contributed by atoms with E-state index in [0.29, 0.717) is 15.7 Å². The Morgan fingerprint density at radius 1 is 1.25 bits per heavy atom. The summed E-state index contributed by atoms with van der Waals surface area (Å²) < 4.78 is 5.48. The van der Waals surface area contributed by atoms with E-state index in [4.69, 9.17) is 27.9 Å². The molecule has 2 rings (SSSR count). The summed E-state index contributed by atoms with van der Waals surface area (Å²) in [6.07, 6.45) is 3.62. The first-order valence-electron chi connectivity index (χ1n) is 6.70. The van der Waals surface area contributed by atoms with Gasteiger partial charge < -0.3 is 10.1 Å². The van der Waals surface area contributed by atoms with Crippen LogP contribution in [0, 0.1) is 0 Å². The number of hydrogen-bond donors (Lipinski definition) is 2. The van der Waals surface area contributed by atoms with Gasteiger partial charge in [0.25, 0.3) is 0 Å². The molecule has 1 aliphatic rings. The predicted molar refractivity (Wildman–Crippen MR) is 81.7 cm³/mol. The zero-order valence-electron chi connectivity index (χ0n) is 11.3. The van der Waals surface area contributed by atoms with Gasteiger partial charge in [-0.2, -0.15) is 0 Å². The topological polar surface area (TPSA) is 50.4 Å². The Balaban J connectivity index is 1.92. The first-order chi connectivity index (χ1) is 9.60. The highest BCUT2D eigenvalue weighted by Crippen LogP contribution is 2.26. The molecule has 0 spiro atoms. The number of hydrogen-bond acceptors (Lipinski definition) is 3. The number of anilines is 1. The molecule has 0 aliphatic heterocycles. The van der Waals surface area contributed by atoms with Crippen molar-refractivity contribution in [1.82, 2.24) is 5.32 Å². The molecule has 2 N–H and O–H groups in total. The molecule has 1 saturated carbocycles. The van der Waals surface area contributed by atoms with Gasteiger partial charge in [0.15, 0.2) is 0 Å². The van der Waals surface area contributed by atoms with Crippen LogP contribution < -0.4 is 10.6 Å². The maximum absolute atomic E-state index is 11.9. The van der Waals surface area contributed by atoms with Crippen molar-refractivity contribution in [1.29, 1.82) is 0 Å². The van der Waals surface area contributed by atoms with Gasteiger partial charge in [0, 0.05) is 11.7 Å². The third-order valence-electron chi connectivity index (χ3n) is 3.50. The molecule has 6 heteroatoms. The minimum atomic E-state index is -0.462. The van der Waals surface area contributed by atoms with E-state index in [1.165, 1.54) is 6.42 Å². The Kier molecular flexibility index (Phi) is 5.52. The fourth-order valence-corrected chi connectivity index (χ4v) is 2.72. The average molecular weight is 317 g/mol. The number of ether oxygens (including phenoxy) is 1. The van der Waals surface area contributed by atoms with Gasteiger partial charge in [-0.15, -0.1) is 0 Å².